The third-order valence-electron chi connectivity index (χ3n) is 6.78. The molecule has 11 heteroatoms. The van der Waals surface area contributed by atoms with Crippen LogP contribution in [-0.4, -0.2) is 54.7 Å². The second kappa shape index (κ2) is 10.6. The summed E-state index contributed by atoms with van der Waals surface area (Å²) in [7, 11) is 2.74. The van der Waals surface area contributed by atoms with Gasteiger partial charge in [0.2, 0.25) is 0 Å². The Hall–Kier alpha value is -4.38. The maximum Gasteiger partial charge on any atom is 0.350 e. The van der Waals surface area contributed by atoms with Crippen LogP contribution in [0.1, 0.15) is 51.9 Å². The van der Waals surface area contributed by atoms with Gasteiger partial charge in [0.25, 0.3) is 5.78 Å². The van der Waals surface area contributed by atoms with Crippen molar-refractivity contribution in [3.8, 4) is 17.2 Å². The summed E-state index contributed by atoms with van der Waals surface area (Å²) in [6.45, 7) is 5.81. The Balaban J connectivity index is 1.70. The number of rotatable bonds is 7. The second-order valence-corrected chi connectivity index (χ2v) is 10.3. The molecular formula is C29H28N2O8S. The molecule has 10 nitrogen and oxygen atoms in total. The molecule has 1 N–H and O–H groups in total. The minimum Gasteiger partial charge on any atom is -0.507 e. The Morgan fingerprint density at radius 1 is 1.18 bits per heavy atom. The van der Waals surface area contributed by atoms with E-state index in [4.69, 9.17) is 18.9 Å². The standard InChI is InChI=1S/C29H28N2O8S/c1-6-38-20-10-7-16(13-21(20)36-4)23-22(24(32)17-8-9-19-18(12-17)11-14(2)39-19)25(33)27(34)31(23)29-30-15(3)26(40-29)28(35)37-5/h7-10,12-14,23,32H,6,11H2,1-5H3. The zero-order chi connectivity index (χ0) is 28.7. The summed E-state index contributed by atoms with van der Waals surface area (Å²) in [5.74, 6) is -1.12. The first-order chi connectivity index (χ1) is 19.2. The molecule has 2 atom stereocenters. The van der Waals surface area contributed by atoms with Crippen molar-refractivity contribution in [1.29, 1.82) is 0 Å². The van der Waals surface area contributed by atoms with Crippen molar-refractivity contribution >= 4 is 39.9 Å². The molecule has 2 aromatic carbocycles. The number of carbonyl (C=O) groups is 3. The molecule has 1 saturated heterocycles. The minimum absolute atomic E-state index is 0.00792. The first-order valence-corrected chi connectivity index (χ1v) is 13.5. The zero-order valence-corrected chi connectivity index (χ0v) is 23.5. The van der Waals surface area contributed by atoms with Gasteiger partial charge in [-0.1, -0.05) is 17.4 Å². The molecule has 2 unspecified atom stereocenters. The first-order valence-electron chi connectivity index (χ1n) is 12.7. The van der Waals surface area contributed by atoms with Gasteiger partial charge >= 0.3 is 11.9 Å². The molecule has 2 aliphatic rings. The van der Waals surface area contributed by atoms with E-state index >= 15 is 0 Å². The van der Waals surface area contributed by atoms with Crippen LogP contribution in [-0.2, 0) is 20.7 Å². The number of esters is 1. The van der Waals surface area contributed by atoms with E-state index < -0.39 is 23.7 Å². The van der Waals surface area contributed by atoms with E-state index in [-0.39, 0.29) is 27.4 Å². The van der Waals surface area contributed by atoms with Gasteiger partial charge in [-0.25, -0.2) is 9.78 Å². The van der Waals surface area contributed by atoms with Gasteiger partial charge in [0.1, 0.15) is 22.5 Å². The summed E-state index contributed by atoms with van der Waals surface area (Å²) < 4.78 is 21.8. The number of fused-ring (bicyclic) bond motifs is 1. The molecule has 5 rings (SSSR count). The summed E-state index contributed by atoms with van der Waals surface area (Å²) in [4.78, 5) is 45.3. The molecule has 1 fully saturated rings. The number of methoxy groups -OCH3 is 2. The number of amides is 1. The van der Waals surface area contributed by atoms with Crippen molar-refractivity contribution in [2.45, 2.75) is 39.3 Å². The van der Waals surface area contributed by atoms with E-state index in [1.807, 2.05) is 13.8 Å². The predicted octanol–water partition coefficient (Wildman–Crippen LogP) is 4.60. The maximum absolute atomic E-state index is 13.6. The number of benzene rings is 2. The van der Waals surface area contributed by atoms with Crippen LogP contribution in [0.3, 0.4) is 0 Å². The molecular weight excluding hydrogens is 536 g/mol. The minimum atomic E-state index is -1.07. The highest BCUT2D eigenvalue weighted by molar-refractivity contribution is 7.17. The fourth-order valence-electron chi connectivity index (χ4n) is 4.97. The van der Waals surface area contributed by atoms with Crippen LogP contribution in [0.15, 0.2) is 42.0 Å². The fourth-order valence-corrected chi connectivity index (χ4v) is 5.98. The highest BCUT2D eigenvalue weighted by Gasteiger charge is 2.48. The number of ether oxygens (including phenoxy) is 4. The SMILES string of the molecule is CCOc1ccc(C2C(=C(O)c3ccc4c(c3)CC(C)O4)C(=O)C(=O)N2c2nc(C)c(C(=O)OC)s2)cc1OC. The zero-order valence-electron chi connectivity index (χ0n) is 22.6. The molecule has 0 bridgehead atoms. The van der Waals surface area contributed by atoms with Crippen LogP contribution >= 0.6 is 11.3 Å². The van der Waals surface area contributed by atoms with Crippen molar-refractivity contribution in [3.05, 3.63) is 69.2 Å². The number of nitrogens with zero attached hydrogens (tertiary/aromatic N) is 2. The van der Waals surface area contributed by atoms with Crippen LogP contribution in [0.5, 0.6) is 17.2 Å². The van der Waals surface area contributed by atoms with Crippen LogP contribution in [0.25, 0.3) is 5.76 Å². The lowest BCUT2D eigenvalue weighted by atomic mass is 9.94. The van der Waals surface area contributed by atoms with Crippen molar-refractivity contribution in [3.63, 3.8) is 0 Å². The number of Topliss-reactive ketones (excluding diaryl/α,β-unsaturated/α-hetero) is 1. The van der Waals surface area contributed by atoms with E-state index in [0.29, 0.717) is 47.1 Å². The molecule has 0 aliphatic carbocycles. The number of aliphatic hydroxyl groups is 1. The number of ketones is 1. The molecule has 0 saturated carbocycles. The summed E-state index contributed by atoms with van der Waals surface area (Å²) in [5.41, 5.74) is 1.98. The fraction of sp³-hybridized carbons (Fsp3) is 0.310. The van der Waals surface area contributed by atoms with Gasteiger partial charge < -0.3 is 24.1 Å². The van der Waals surface area contributed by atoms with Crippen molar-refractivity contribution in [1.82, 2.24) is 4.98 Å². The van der Waals surface area contributed by atoms with Gasteiger partial charge in [-0.05, 0) is 62.2 Å². The summed E-state index contributed by atoms with van der Waals surface area (Å²) >= 11 is 0.931. The third-order valence-corrected chi connectivity index (χ3v) is 7.92. The number of anilines is 1. The van der Waals surface area contributed by atoms with Crippen LogP contribution < -0.4 is 19.1 Å². The predicted molar refractivity (Wildman–Crippen MR) is 147 cm³/mol. The Kier molecular flexibility index (Phi) is 7.24. The number of aliphatic hydroxyl groups excluding tert-OH is 1. The molecule has 3 aromatic rings. The van der Waals surface area contributed by atoms with E-state index in [9.17, 15) is 19.5 Å². The van der Waals surface area contributed by atoms with Gasteiger partial charge in [0.05, 0.1) is 38.1 Å². The lowest BCUT2D eigenvalue weighted by Crippen LogP contribution is -2.29. The highest BCUT2D eigenvalue weighted by Crippen LogP contribution is 2.46. The molecule has 3 heterocycles. The highest BCUT2D eigenvalue weighted by atomic mass is 32.1. The Morgan fingerprint density at radius 3 is 2.65 bits per heavy atom. The van der Waals surface area contributed by atoms with Crippen LogP contribution in [0.2, 0.25) is 0 Å². The summed E-state index contributed by atoms with van der Waals surface area (Å²) in [6.07, 6.45) is 0.644. The third kappa shape index (κ3) is 4.56. The Labute approximate surface area is 234 Å². The summed E-state index contributed by atoms with van der Waals surface area (Å²) in [5, 5.41) is 11.7. The maximum atomic E-state index is 13.6. The molecule has 2 aliphatic heterocycles. The lowest BCUT2D eigenvalue weighted by molar-refractivity contribution is -0.132. The molecule has 208 valence electrons. The molecule has 1 amide bonds. The number of carbonyl (C=O) groups excluding carboxylic acids is 3. The topological polar surface area (TPSA) is 124 Å². The number of thiazole rings is 1. The van der Waals surface area contributed by atoms with E-state index in [2.05, 4.69) is 4.98 Å². The van der Waals surface area contributed by atoms with Gasteiger partial charge in [-0.2, -0.15) is 0 Å². The van der Waals surface area contributed by atoms with Gasteiger partial charge in [0.15, 0.2) is 16.6 Å². The molecule has 0 radical (unpaired) electrons. The van der Waals surface area contributed by atoms with E-state index in [1.165, 1.54) is 19.1 Å². The van der Waals surface area contributed by atoms with Crippen LogP contribution in [0, 0.1) is 6.92 Å². The quantitative estimate of drug-likeness (QED) is 0.190. The van der Waals surface area contributed by atoms with Gasteiger partial charge in [0, 0.05) is 12.0 Å². The van der Waals surface area contributed by atoms with Crippen molar-refractivity contribution in [2.75, 3.05) is 25.7 Å². The average Bonchev–Trinajstić information content (AvgIpc) is 3.59. The van der Waals surface area contributed by atoms with Crippen molar-refractivity contribution in [2.24, 2.45) is 0 Å². The number of aryl methyl sites for hydroxylation is 1. The van der Waals surface area contributed by atoms with Crippen LogP contribution in [0.4, 0.5) is 5.13 Å². The smallest absolute Gasteiger partial charge is 0.350 e. The second-order valence-electron chi connectivity index (χ2n) is 9.37. The van der Waals surface area contributed by atoms with E-state index in [0.717, 1.165) is 16.9 Å². The Bertz CT molecular complexity index is 1560. The van der Waals surface area contributed by atoms with E-state index in [1.54, 1.807) is 43.3 Å². The first kappa shape index (κ1) is 27.2. The largest absolute Gasteiger partial charge is 0.507 e. The number of aromatic nitrogens is 1. The molecule has 1 aromatic heterocycles. The monoisotopic (exact) mass is 564 g/mol. The number of hydrogen-bond acceptors (Lipinski definition) is 10. The van der Waals surface area contributed by atoms with Crippen molar-refractivity contribution < 1.29 is 38.4 Å². The molecule has 0 spiro atoms. The number of hydrogen-bond donors (Lipinski definition) is 1. The van der Waals surface area contributed by atoms with Gasteiger partial charge in [-0.15, -0.1) is 0 Å². The normalized spacial score (nSPS) is 19.4. The van der Waals surface area contributed by atoms with Gasteiger partial charge in [-0.3, -0.25) is 14.5 Å². The molecule has 40 heavy (non-hydrogen) atoms. The summed E-state index contributed by atoms with van der Waals surface area (Å²) in [6, 6.07) is 9.12. The lowest BCUT2D eigenvalue weighted by Gasteiger charge is -2.24. The Morgan fingerprint density at radius 2 is 1.95 bits per heavy atom. The average molecular weight is 565 g/mol.